The Morgan fingerprint density at radius 1 is 0.900 bits per heavy atom. The third kappa shape index (κ3) is 9.20. The largest absolute Gasteiger partial charge is 0.499 e. The average molecular weight is 433 g/mol. The first-order valence-corrected chi connectivity index (χ1v) is 11.3. The molecule has 1 rings (SSSR count). The molecule has 1 heterocycles. The number of ether oxygens (including phenoxy) is 2. The minimum absolute atomic E-state index is 0.317. The summed E-state index contributed by atoms with van der Waals surface area (Å²) in [5.74, 6) is -2.17. The Hall–Kier alpha value is -1.35. The van der Waals surface area contributed by atoms with E-state index >= 15 is 0 Å². The van der Waals surface area contributed by atoms with Crippen molar-refractivity contribution in [1.29, 1.82) is 0 Å². The maximum atomic E-state index is 11.6. The Kier molecular flexibility index (Phi) is 13.7. The van der Waals surface area contributed by atoms with Gasteiger partial charge in [-0.3, -0.25) is 0 Å². The number of carbonyl (C=O) groups is 1. The number of aliphatic hydroxyl groups excluding tert-OH is 5. The molecule has 4 atom stereocenters. The van der Waals surface area contributed by atoms with E-state index in [1.807, 2.05) is 0 Å². The number of carbonyl (C=O) groups excluding carboxylic acids is 1. The number of aliphatic hydroxyl groups is 5. The summed E-state index contributed by atoms with van der Waals surface area (Å²) in [4.78, 5) is 11.6. The van der Waals surface area contributed by atoms with Crippen molar-refractivity contribution in [3.8, 4) is 0 Å². The van der Waals surface area contributed by atoms with Gasteiger partial charge in [-0.15, -0.1) is 0 Å². The van der Waals surface area contributed by atoms with Crippen LogP contribution in [0.25, 0.3) is 0 Å². The van der Waals surface area contributed by atoms with E-state index in [0.717, 1.165) is 25.7 Å². The average Bonchev–Trinajstić information content (AvgIpc) is 3.03. The van der Waals surface area contributed by atoms with Crippen molar-refractivity contribution in [2.45, 2.75) is 108 Å². The number of hydrogen-bond donors (Lipinski definition) is 5. The molecule has 0 spiro atoms. The highest BCUT2D eigenvalue weighted by molar-refractivity contribution is 5.89. The van der Waals surface area contributed by atoms with Gasteiger partial charge in [0.2, 0.25) is 5.76 Å². The molecule has 176 valence electrons. The third-order valence-electron chi connectivity index (χ3n) is 5.44. The molecule has 0 aliphatic carbocycles. The van der Waals surface area contributed by atoms with Gasteiger partial charge in [0, 0.05) is 0 Å². The number of rotatable bonds is 18. The van der Waals surface area contributed by atoms with Crippen LogP contribution in [-0.4, -0.2) is 69.1 Å². The molecule has 2 unspecified atom stereocenters. The highest BCUT2D eigenvalue weighted by Crippen LogP contribution is 2.28. The van der Waals surface area contributed by atoms with E-state index in [0.29, 0.717) is 6.42 Å². The highest BCUT2D eigenvalue weighted by Gasteiger charge is 2.42. The summed E-state index contributed by atoms with van der Waals surface area (Å²) >= 11 is 0. The molecule has 30 heavy (non-hydrogen) atoms. The second kappa shape index (κ2) is 15.5. The Balaban J connectivity index is 2.38. The Morgan fingerprint density at radius 2 is 1.43 bits per heavy atom. The monoisotopic (exact) mass is 432 g/mol. The molecule has 8 nitrogen and oxygen atoms in total. The van der Waals surface area contributed by atoms with Crippen molar-refractivity contribution < 1.29 is 39.8 Å². The smallest absolute Gasteiger partial charge is 0.378 e. The normalized spacial score (nSPS) is 19.6. The zero-order chi connectivity index (χ0) is 22.4. The summed E-state index contributed by atoms with van der Waals surface area (Å²) in [7, 11) is 0. The van der Waals surface area contributed by atoms with Crippen LogP contribution in [0.2, 0.25) is 0 Å². The first-order chi connectivity index (χ1) is 14.5. The first kappa shape index (κ1) is 26.7. The maximum absolute atomic E-state index is 11.6. The summed E-state index contributed by atoms with van der Waals surface area (Å²) < 4.78 is 10.4. The Morgan fingerprint density at radius 3 is 1.93 bits per heavy atom. The minimum Gasteiger partial charge on any atom is -0.499 e. The van der Waals surface area contributed by atoms with Crippen LogP contribution in [0.4, 0.5) is 0 Å². The maximum Gasteiger partial charge on any atom is 0.378 e. The predicted octanol–water partition coefficient (Wildman–Crippen LogP) is 2.47. The second-order valence-corrected chi connectivity index (χ2v) is 8.02. The van der Waals surface area contributed by atoms with Crippen LogP contribution in [0, 0.1) is 0 Å². The van der Waals surface area contributed by atoms with Crippen molar-refractivity contribution in [1.82, 2.24) is 0 Å². The van der Waals surface area contributed by atoms with Gasteiger partial charge in [0.25, 0.3) is 0 Å². The van der Waals surface area contributed by atoms with Gasteiger partial charge in [-0.1, -0.05) is 71.1 Å². The quantitative estimate of drug-likeness (QED) is 0.165. The molecule has 0 aromatic rings. The Labute approximate surface area is 179 Å². The summed E-state index contributed by atoms with van der Waals surface area (Å²) in [6, 6.07) is 0. The van der Waals surface area contributed by atoms with E-state index in [9.17, 15) is 25.2 Å². The van der Waals surface area contributed by atoms with Crippen molar-refractivity contribution >= 4 is 5.97 Å². The van der Waals surface area contributed by atoms with Crippen LogP contribution in [0.1, 0.15) is 84.0 Å². The van der Waals surface area contributed by atoms with Gasteiger partial charge in [0.15, 0.2) is 11.9 Å². The van der Waals surface area contributed by atoms with Gasteiger partial charge in [-0.25, -0.2) is 4.79 Å². The molecular formula is C22H40O8. The van der Waals surface area contributed by atoms with E-state index in [1.165, 1.54) is 44.9 Å². The van der Waals surface area contributed by atoms with Crippen molar-refractivity contribution in [2.75, 3.05) is 13.2 Å². The van der Waals surface area contributed by atoms with Crippen LogP contribution in [0.3, 0.4) is 0 Å². The molecule has 0 bridgehead atoms. The molecule has 1 aliphatic rings. The summed E-state index contributed by atoms with van der Waals surface area (Å²) in [6.45, 7) is 0.982. The highest BCUT2D eigenvalue weighted by atomic mass is 16.6. The van der Waals surface area contributed by atoms with Crippen molar-refractivity contribution in [3.63, 3.8) is 0 Å². The summed E-state index contributed by atoms with van der Waals surface area (Å²) in [5, 5.41) is 48.1. The van der Waals surface area contributed by atoms with E-state index in [1.54, 1.807) is 0 Å². The number of cyclic esters (lactones) is 1. The first-order valence-electron chi connectivity index (χ1n) is 11.3. The minimum atomic E-state index is -1.46. The summed E-state index contributed by atoms with van der Waals surface area (Å²) in [6.07, 6.45) is 8.42. The van der Waals surface area contributed by atoms with Gasteiger partial charge >= 0.3 is 5.97 Å². The zero-order valence-electron chi connectivity index (χ0n) is 18.2. The SMILES string of the molecule is CCCCCCCCCCCCCC(OC1=C(O)C(=O)O[C@@H]1[C@@H](O)CO)C(O)CO. The molecule has 8 heteroatoms. The number of hydrogen-bond acceptors (Lipinski definition) is 8. The van der Waals surface area contributed by atoms with Crippen LogP contribution in [-0.2, 0) is 14.3 Å². The van der Waals surface area contributed by atoms with E-state index in [2.05, 4.69) is 6.92 Å². The molecule has 5 N–H and O–H groups in total. The fourth-order valence-electron chi connectivity index (χ4n) is 3.55. The Bertz CT molecular complexity index is 507. The molecule has 0 radical (unpaired) electrons. The number of esters is 1. The van der Waals surface area contributed by atoms with Crippen LogP contribution in [0.5, 0.6) is 0 Å². The molecule has 0 aromatic carbocycles. The van der Waals surface area contributed by atoms with E-state index < -0.39 is 49.4 Å². The van der Waals surface area contributed by atoms with Gasteiger partial charge in [-0.2, -0.15) is 0 Å². The number of unbranched alkanes of at least 4 members (excludes halogenated alkanes) is 10. The van der Waals surface area contributed by atoms with Gasteiger partial charge in [0.1, 0.15) is 18.3 Å². The lowest BCUT2D eigenvalue weighted by atomic mass is 10.0. The summed E-state index contributed by atoms with van der Waals surface area (Å²) in [5.41, 5.74) is 0. The van der Waals surface area contributed by atoms with Crippen molar-refractivity contribution in [2.24, 2.45) is 0 Å². The van der Waals surface area contributed by atoms with Gasteiger partial charge in [0.05, 0.1) is 13.2 Å². The van der Waals surface area contributed by atoms with Crippen LogP contribution >= 0.6 is 0 Å². The predicted molar refractivity (Wildman–Crippen MR) is 112 cm³/mol. The molecule has 0 fully saturated rings. The van der Waals surface area contributed by atoms with Crippen LogP contribution < -0.4 is 0 Å². The van der Waals surface area contributed by atoms with E-state index in [-0.39, 0.29) is 5.76 Å². The molecule has 1 aliphatic heterocycles. The fraction of sp³-hybridized carbons (Fsp3) is 0.864. The lowest BCUT2D eigenvalue weighted by Crippen LogP contribution is -2.37. The zero-order valence-corrected chi connectivity index (χ0v) is 18.2. The van der Waals surface area contributed by atoms with Gasteiger partial charge in [-0.05, 0) is 12.8 Å². The molecule has 0 aromatic heterocycles. The molecule has 0 saturated heterocycles. The van der Waals surface area contributed by atoms with E-state index in [4.69, 9.17) is 14.6 Å². The lowest BCUT2D eigenvalue weighted by molar-refractivity contribution is -0.149. The molecule has 0 saturated carbocycles. The standard InChI is InChI=1S/C22H40O8/c1-2-3-4-5-6-7-8-9-10-11-12-13-18(16(25)14-23)29-21-19(27)22(28)30-20(21)17(26)15-24/h16-18,20,23-27H,2-15H2,1H3/t16?,17-,18?,20+/m0/s1. The lowest BCUT2D eigenvalue weighted by Gasteiger charge is -2.26. The fourth-order valence-corrected chi connectivity index (χ4v) is 3.55. The van der Waals surface area contributed by atoms with Crippen molar-refractivity contribution in [3.05, 3.63) is 11.5 Å². The van der Waals surface area contributed by atoms with Gasteiger partial charge < -0.3 is 35.0 Å². The second-order valence-electron chi connectivity index (χ2n) is 8.02. The van der Waals surface area contributed by atoms with Crippen LogP contribution in [0.15, 0.2) is 11.5 Å². The topological polar surface area (TPSA) is 137 Å². The molecular weight excluding hydrogens is 392 g/mol. The third-order valence-corrected chi connectivity index (χ3v) is 5.44. The molecule has 0 amide bonds.